The Balaban J connectivity index is 2.39. The highest BCUT2D eigenvalue weighted by molar-refractivity contribution is 6.05. The molecule has 0 heterocycles. The third-order valence-corrected chi connectivity index (χ3v) is 4.20. The van der Waals surface area contributed by atoms with E-state index in [1.165, 1.54) is 7.11 Å². The summed E-state index contributed by atoms with van der Waals surface area (Å²) in [5.74, 6) is 0.471. The molecule has 0 fully saturated rings. The molecule has 0 unspecified atom stereocenters. The minimum atomic E-state index is -0.794. The van der Waals surface area contributed by atoms with Crippen LogP contribution in [0.15, 0.2) is 53.5 Å². The number of ether oxygens (including phenoxy) is 2. The minimum absolute atomic E-state index is 0.121. The van der Waals surface area contributed by atoms with E-state index in [-0.39, 0.29) is 24.2 Å². The maximum atomic E-state index is 12.4. The van der Waals surface area contributed by atoms with E-state index in [1.54, 1.807) is 25.1 Å². The van der Waals surface area contributed by atoms with E-state index in [0.29, 0.717) is 29.3 Å². The molecule has 32 heavy (non-hydrogen) atoms. The first-order valence-electron chi connectivity index (χ1n) is 10.4. The van der Waals surface area contributed by atoms with Crippen molar-refractivity contribution in [3.63, 3.8) is 0 Å². The summed E-state index contributed by atoms with van der Waals surface area (Å²) in [5, 5.41) is 7.70. The minimum Gasteiger partial charge on any atom is -0.457 e. The number of aliphatic imine (C=N–C) groups is 1. The average molecular weight is 441 g/mol. The van der Waals surface area contributed by atoms with Gasteiger partial charge < -0.3 is 14.8 Å². The molecule has 2 aromatic rings. The van der Waals surface area contributed by atoms with Crippen LogP contribution in [0.3, 0.4) is 0 Å². The van der Waals surface area contributed by atoms with Crippen molar-refractivity contribution in [1.82, 2.24) is 10.6 Å². The van der Waals surface area contributed by atoms with Gasteiger partial charge in [0, 0.05) is 18.9 Å². The Bertz CT molecular complexity index is 940. The first kappa shape index (κ1) is 24.4. The number of rotatable bonds is 8. The van der Waals surface area contributed by atoms with Gasteiger partial charge in [0.15, 0.2) is 0 Å². The number of benzene rings is 2. The van der Waals surface area contributed by atoms with Gasteiger partial charge in [-0.25, -0.2) is 9.79 Å². The first-order chi connectivity index (χ1) is 15.4. The predicted molar refractivity (Wildman–Crippen MR) is 122 cm³/mol. The highest BCUT2D eigenvalue weighted by atomic mass is 16.5. The molecule has 170 valence electrons. The van der Waals surface area contributed by atoms with Crippen LogP contribution in [-0.4, -0.2) is 31.0 Å². The Morgan fingerprint density at radius 3 is 2.34 bits per heavy atom. The molecular formula is C23H28N4O5. The van der Waals surface area contributed by atoms with Crippen LogP contribution in [0.4, 0.5) is 16.2 Å². The second kappa shape index (κ2) is 12.7. The number of amides is 3. The fraction of sp³-hybridized carbons (Fsp3) is 0.304. The Morgan fingerprint density at radius 2 is 1.69 bits per heavy atom. The maximum absolute atomic E-state index is 12.4. The smallest absolute Gasteiger partial charge is 0.413 e. The number of alkyl carbamates (subject to hydrolysis) is 1. The van der Waals surface area contributed by atoms with Crippen LogP contribution in [0.25, 0.3) is 0 Å². The zero-order valence-electron chi connectivity index (χ0n) is 18.4. The lowest BCUT2D eigenvalue weighted by Crippen LogP contribution is -2.43. The Kier molecular flexibility index (Phi) is 9.70. The fourth-order valence-corrected chi connectivity index (χ4v) is 2.53. The molecule has 3 amide bonds. The quantitative estimate of drug-likeness (QED) is 0.413. The summed E-state index contributed by atoms with van der Waals surface area (Å²) >= 11 is 0. The summed E-state index contributed by atoms with van der Waals surface area (Å²) in [6.07, 6.45) is 1.37. The molecule has 3 N–H and O–H groups in total. The molecule has 0 saturated carbocycles. The Morgan fingerprint density at radius 1 is 0.938 bits per heavy atom. The molecule has 0 saturated heterocycles. The summed E-state index contributed by atoms with van der Waals surface area (Å²) < 4.78 is 10.4. The number of nitrogens with zero attached hydrogens (tertiary/aromatic N) is 1. The topological polar surface area (TPSA) is 118 Å². The number of para-hydroxylation sites is 1. The van der Waals surface area contributed by atoms with Crippen LogP contribution in [0.1, 0.15) is 39.5 Å². The van der Waals surface area contributed by atoms with E-state index in [9.17, 15) is 14.4 Å². The van der Waals surface area contributed by atoms with Crippen molar-refractivity contribution in [2.75, 3.05) is 12.4 Å². The molecule has 0 atom stereocenters. The lowest BCUT2D eigenvalue weighted by Gasteiger charge is -2.14. The summed E-state index contributed by atoms with van der Waals surface area (Å²) in [5.41, 5.74) is 0.688. The van der Waals surface area contributed by atoms with Gasteiger partial charge in [-0.05, 0) is 30.7 Å². The van der Waals surface area contributed by atoms with Crippen LogP contribution in [0.5, 0.6) is 11.5 Å². The zero-order valence-corrected chi connectivity index (χ0v) is 18.4. The van der Waals surface area contributed by atoms with E-state index in [0.717, 1.165) is 12.8 Å². The fourth-order valence-electron chi connectivity index (χ4n) is 2.53. The molecular weight excluding hydrogens is 412 g/mol. The SMILES string of the molecule is CCCCC(=O)Nc1cc(Oc2ccccc2)ccc1N=C(NC(=O)CC)NC(=O)OC. The van der Waals surface area contributed by atoms with E-state index < -0.39 is 6.09 Å². The first-order valence-corrected chi connectivity index (χ1v) is 10.4. The molecule has 0 aromatic heterocycles. The van der Waals surface area contributed by atoms with Crippen molar-refractivity contribution in [2.45, 2.75) is 39.5 Å². The van der Waals surface area contributed by atoms with Crippen molar-refractivity contribution < 1.29 is 23.9 Å². The van der Waals surface area contributed by atoms with E-state index in [4.69, 9.17) is 4.74 Å². The van der Waals surface area contributed by atoms with Crippen molar-refractivity contribution in [2.24, 2.45) is 4.99 Å². The van der Waals surface area contributed by atoms with Gasteiger partial charge in [0.25, 0.3) is 0 Å². The predicted octanol–water partition coefficient (Wildman–Crippen LogP) is 4.48. The summed E-state index contributed by atoms with van der Waals surface area (Å²) in [6, 6.07) is 14.1. The molecule has 2 rings (SSSR count). The number of hydrogen-bond acceptors (Lipinski definition) is 6. The number of anilines is 1. The number of hydrogen-bond donors (Lipinski definition) is 3. The molecule has 0 radical (unpaired) electrons. The number of nitrogens with one attached hydrogen (secondary N) is 3. The number of carbonyl (C=O) groups is 3. The summed E-state index contributed by atoms with van der Waals surface area (Å²) in [6.45, 7) is 3.67. The molecule has 9 heteroatoms. The van der Waals surface area contributed by atoms with Crippen molar-refractivity contribution in [1.29, 1.82) is 0 Å². The molecule has 0 aliphatic rings. The Hall–Kier alpha value is -3.88. The molecule has 9 nitrogen and oxygen atoms in total. The van der Waals surface area contributed by atoms with E-state index in [2.05, 4.69) is 25.7 Å². The summed E-state index contributed by atoms with van der Waals surface area (Å²) in [7, 11) is 1.20. The van der Waals surface area contributed by atoms with E-state index in [1.807, 2.05) is 37.3 Å². The molecule has 0 aliphatic carbocycles. The van der Waals surface area contributed by atoms with Crippen LogP contribution < -0.4 is 20.7 Å². The standard InChI is InChI=1S/C23H28N4O5/c1-4-6-12-21(29)24-19-15-17(32-16-10-8-7-9-11-16)13-14-18(19)25-22(26-20(28)5-2)27-23(30)31-3/h7-11,13-15H,4-6,12H2,1-3H3,(H,24,29)(H2,25,26,27,28,30). The van der Waals surface area contributed by atoms with Crippen LogP contribution in [0, 0.1) is 0 Å². The number of guanidine groups is 1. The highest BCUT2D eigenvalue weighted by Crippen LogP contribution is 2.32. The largest absolute Gasteiger partial charge is 0.457 e. The van der Waals surface area contributed by atoms with Crippen molar-refractivity contribution in [3.8, 4) is 11.5 Å². The number of methoxy groups -OCH3 is 1. The van der Waals surface area contributed by atoms with Crippen molar-refractivity contribution in [3.05, 3.63) is 48.5 Å². The van der Waals surface area contributed by atoms with Crippen LogP contribution >= 0.6 is 0 Å². The number of carbonyl (C=O) groups excluding carboxylic acids is 3. The van der Waals surface area contributed by atoms with Gasteiger partial charge in [0.05, 0.1) is 18.5 Å². The lowest BCUT2D eigenvalue weighted by atomic mass is 10.2. The molecule has 0 aliphatic heterocycles. The third-order valence-electron chi connectivity index (χ3n) is 4.20. The maximum Gasteiger partial charge on any atom is 0.413 e. The lowest BCUT2D eigenvalue weighted by molar-refractivity contribution is -0.119. The van der Waals surface area contributed by atoms with Gasteiger partial charge >= 0.3 is 6.09 Å². The van der Waals surface area contributed by atoms with Gasteiger partial charge in [-0.15, -0.1) is 0 Å². The van der Waals surface area contributed by atoms with Gasteiger partial charge in [0.2, 0.25) is 17.8 Å². The summed E-state index contributed by atoms with van der Waals surface area (Å²) in [4.78, 5) is 40.2. The molecule has 0 bridgehead atoms. The van der Waals surface area contributed by atoms with E-state index >= 15 is 0 Å². The highest BCUT2D eigenvalue weighted by Gasteiger charge is 2.13. The number of unbranched alkanes of at least 4 members (excludes halogenated alkanes) is 1. The van der Waals surface area contributed by atoms with Crippen LogP contribution in [-0.2, 0) is 14.3 Å². The monoisotopic (exact) mass is 440 g/mol. The normalized spacial score (nSPS) is 10.8. The molecule has 0 spiro atoms. The second-order valence-electron chi connectivity index (χ2n) is 6.72. The van der Waals surface area contributed by atoms with Gasteiger partial charge in [-0.2, -0.15) is 0 Å². The third kappa shape index (κ3) is 8.10. The molecule has 2 aromatic carbocycles. The average Bonchev–Trinajstić information content (AvgIpc) is 2.79. The zero-order chi connectivity index (χ0) is 23.3. The second-order valence-corrected chi connectivity index (χ2v) is 6.72. The van der Waals surface area contributed by atoms with Crippen LogP contribution in [0.2, 0.25) is 0 Å². The van der Waals surface area contributed by atoms with Gasteiger partial charge in [0.1, 0.15) is 11.5 Å². The Labute approximate surface area is 187 Å². The van der Waals surface area contributed by atoms with Crippen molar-refractivity contribution >= 4 is 35.2 Å². The van der Waals surface area contributed by atoms with Gasteiger partial charge in [-0.3, -0.25) is 20.2 Å². The van der Waals surface area contributed by atoms with Gasteiger partial charge in [-0.1, -0.05) is 38.5 Å².